The number of hydrogen-bond acceptors (Lipinski definition) is 3. The summed E-state index contributed by atoms with van der Waals surface area (Å²) in [5.74, 6) is 5.23. The normalized spacial score (nSPS) is 20.3. The summed E-state index contributed by atoms with van der Waals surface area (Å²) in [6, 6.07) is 0. The Morgan fingerprint density at radius 2 is 2.50 bits per heavy atom. The number of nitrogen functional groups attached to an aromatic ring is 1. The minimum atomic E-state index is -0.309. The van der Waals surface area contributed by atoms with Gasteiger partial charge < -0.3 is 0 Å². The van der Waals surface area contributed by atoms with Crippen LogP contribution in [0.2, 0.25) is 0 Å². The molecule has 2 rings (SSSR count). The Bertz CT molecular complexity index is 358. The summed E-state index contributed by atoms with van der Waals surface area (Å²) in [6.45, 7) is 2.14. The molecule has 76 valence electrons. The molecule has 1 aliphatic rings. The van der Waals surface area contributed by atoms with Gasteiger partial charge in [-0.15, -0.1) is 0 Å². The summed E-state index contributed by atoms with van der Waals surface area (Å²) in [7, 11) is 0. The smallest absolute Gasteiger partial charge is 0.285 e. The van der Waals surface area contributed by atoms with Crippen LogP contribution in [0.4, 0.5) is 0 Å². The number of aromatic amines is 1. The van der Waals surface area contributed by atoms with Gasteiger partial charge in [-0.1, -0.05) is 6.92 Å². The van der Waals surface area contributed by atoms with Gasteiger partial charge in [0.05, 0.1) is 0 Å². The number of nitrogens with two attached hydrogens (primary N) is 1. The topological polar surface area (TPSA) is 83.8 Å². The van der Waals surface area contributed by atoms with Crippen molar-refractivity contribution in [2.45, 2.75) is 32.1 Å². The molecule has 0 bridgehead atoms. The Labute approximate surface area is 82.0 Å². The van der Waals surface area contributed by atoms with Crippen LogP contribution in [-0.4, -0.2) is 16.1 Å². The number of hydrazine groups is 1. The molecule has 0 aliphatic heterocycles. The molecule has 0 spiro atoms. The fraction of sp³-hybridized carbons (Fsp3) is 0.556. The minimum Gasteiger partial charge on any atom is -0.289 e. The van der Waals surface area contributed by atoms with Crippen molar-refractivity contribution >= 4 is 5.91 Å². The lowest BCUT2D eigenvalue weighted by Gasteiger charge is -2.17. The molecule has 1 atom stereocenters. The maximum atomic E-state index is 11.3. The molecule has 0 saturated heterocycles. The van der Waals surface area contributed by atoms with Gasteiger partial charge in [-0.2, -0.15) is 5.10 Å². The third-order valence-electron chi connectivity index (χ3n) is 2.80. The summed E-state index contributed by atoms with van der Waals surface area (Å²) in [4.78, 5) is 11.3. The van der Waals surface area contributed by atoms with Crippen LogP contribution in [0, 0.1) is 0 Å². The predicted molar refractivity (Wildman–Crippen MR) is 51.6 cm³/mol. The second-order valence-electron chi connectivity index (χ2n) is 3.73. The van der Waals surface area contributed by atoms with E-state index in [1.54, 1.807) is 0 Å². The van der Waals surface area contributed by atoms with E-state index >= 15 is 0 Å². The standard InChI is InChI=1S/C9H14N4O/c1-5-3-2-4-6-7(5)12-13-8(6)9(14)11-10/h5H,2-4,10H2,1H3,(H,11,14)(H,12,13). The fourth-order valence-corrected chi connectivity index (χ4v) is 2.02. The number of carbonyl (C=O) groups excluding carboxylic acids is 1. The molecule has 4 N–H and O–H groups in total. The first-order chi connectivity index (χ1) is 6.74. The van der Waals surface area contributed by atoms with Crippen molar-refractivity contribution in [1.82, 2.24) is 15.6 Å². The number of nitrogens with zero attached hydrogens (tertiary/aromatic N) is 1. The van der Waals surface area contributed by atoms with Crippen molar-refractivity contribution in [1.29, 1.82) is 0 Å². The average molecular weight is 194 g/mol. The molecule has 1 heterocycles. The van der Waals surface area contributed by atoms with Crippen LogP contribution in [0.3, 0.4) is 0 Å². The highest BCUT2D eigenvalue weighted by Gasteiger charge is 2.24. The Balaban J connectivity index is 2.40. The lowest BCUT2D eigenvalue weighted by Crippen LogP contribution is -2.31. The Hall–Kier alpha value is -1.36. The molecule has 1 aromatic rings. The summed E-state index contributed by atoms with van der Waals surface area (Å²) >= 11 is 0. The zero-order chi connectivity index (χ0) is 10.1. The fourth-order valence-electron chi connectivity index (χ4n) is 2.02. The third kappa shape index (κ3) is 1.29. The molecule has 0 aromatic carbocycles. The van der Waals surface area contributed by atoms with Gasteiger partial charge >= 0.3 is 0 Å². The van der Waals surface area contributed by atoms with E-state index in [1.165, 1.54) is 0 Å². The van der Waals surface area contributed by atoms with E-state index in [-0.39, 0.29) is 5.91 Å². The molecule has 1 unspecified atom stereocenters. The van der Waals surface area contributed by atoms with Gasteiger partial charge in [0.25, 0.3) is 5.91 Å². The van der Waals surface area contributed by atoms with Crippen LogP contribution in [-0.2, 0) is 6.42 Å². The van der Waals surface area contributed by atoms with E-state index < -0.39 is 0 Å². The number of amides is 1. The summed E-state index contributed by atoms with van der Waals surface area (Å²) in [5, 5.41) is 6.93. The number of hydrogen-bond donors (Lipinski definition) is 3. The van der Waals surface area contributed by atoms with Gasteiger partial charge in [0, 0.05) is 11.3 Å². The lowest BCUT2D eigenvalue weighted by molar-refractivity contribution is 0.0947. The first-order valence-electron chi connectivity index (χ1n) is 4.82. The second kappa shape index (κ2) is 3.42. The number of carbonyl (C=O) groups is 1. The van der Waals surface area contributed by atoms with E-state index in [4.69, 9.17) is 5.84 Å². The molecular formula is C9H14N4O. The third-order valence-corrected chi connectivity index (χ3v) is 2.80. The molecule has 1 amide bonds. The zero-order valence-corrected chi connectivity index (χ0v) is 8.13. The number of rotatable bonds is 1. The Morgan fingerprint density at radius 3 is 3.21 bits per heavy atom. The van der Waals surface area contributed by atoms with E-state index in [0.717, 1.165) is 30.5 Å². The highest BCUT2D eigenvalue weighted by atomic mass is 16.2. The lowest BCUT2D eigenvalue weighted by atomic mass is 9.88. The molecule has 5 heteroatoms. The molecule has 0 saturated carbocycles. The van der Waals surface area contributed by atoms with Gasteiger partial charge in [0.1, 0.15) is 0 Å². The monoisotopic (exact) mass is 194 g/mol. The van der Waals surface area contributed by atoms with Crippen LogP contribution < -0.4 is 11.3 Å². The molecule has 14 heavy (non-hydrogen) atoms. The largest absolute Gasteiger partial charge is 0.289 e. The zero-order valence-electron chi connectivity index (χ0n) is 8.13. The predicted octanol–water partition coefficient (Wildman–Crippen LogP) is 0.453. The highest BCUT2D eigenvalue weighted by Crippen LogP contribution is 2.30. The maximum Gasteiger partial charge on any atom is 0.285 e. The van der Waals surface area contributed by atoms with Crippen molar-refractivity contribution in [3.8, 4) is 0 Å². The highest BCUT2D eigenvalue weighted by molar-refractivity contribution is 5.93. The van der Waals surface area contributed by atoms with Gasteiger partial charge in [0.2, 0.25) is 0 Å². The van der Waals surface area contributed by atoms with Crippen molar-refractivity contribution in [3.63, 3.8) is 0 Å². The number of aromatic nitrogens is 2. The number of nitrogens with one attached hydrogen (secondary N) is 2. The van der Waals surface area contributed by atoms with Gasteiger partial charge in [-0.25, -0.2) is 5.84 Å². The molecule has 0 fully saturated rings. The quantitative estimate of drug-likeness (QED) is 0.345. The van der Waals surface area contributed by atoms with Crippen LogP contribution in [0.1, 0.15) is 47.4 Å². The average Bonchev–Trinajstić information content (AvgIpc) is 2.62. The van der Waals surface area contributed by atoms with Crippen LogP contribution in [0.25, 0.3) is 0 Å². The van der Waals surface area contributed by atoms with Crippen molar-refractivity contribution in [3.05, 3.63) is 17.0 Å². The molecular weight excluding hydrogens is 180 g/mol. The van der Waals surface area contributed by atoms with Gasteiger partial charge in [-0.3, -0.25) is 15.3 Å². The van der Waals surface area contributed by atoms with Crippen LogP contribution in [0.15, 0.2) is 0 Å². The minimum absolute atomic E-state index is 0.309. The van der Waals surface area contributed by atoms with Gasteiger partial charge in [0.15, 0.2) is 5.69 Å². The van der Waals surface area contributed by atoms with E-state index in [9.17, 15) is 4.79 Å². The Morgan fingerprint density at radius 1 is 1.71 bits per heavy atom. The molecule has 0 radical (unpaired) electrons. The summed E-state index contributed by atoms with van der Waals surface area (Å²) in [6.07, 6.45) is 3.18. The van der Waals surface area contributed by atoms with Crippen LogP contribution in [0.5, 0.6) is 0 Å². The van der Waals surface area contributed by atoms with E-state index in [1.807, 2.05) is 0 Å². The summed E-state index contributed by atoms with van der Waals surface area (Å²) < 4.78 is 0. The second-order valence-corrected chi connectivity index (χ2v) is 3.73. The molecule has 5 nitrogen and oxygen atoms in total. The van der Waals surface area contributed by atoms with Crippen LogP contribution >= 0.6 is 0 Å². The molecule has 1 aliphatic carbocycles. The first-order valence-corrected chi connectivity index (χ1v) is 4.82. The first kappa shape index (κ1) is 9.21. The van der Waals surface area contributed by atoms with Crippen molar-refractivity contribution < 1.29 is 4.79 Å². The van der Waals surface area contributed by atoms with Crippen molar-refractivity contribution in [2.75, 3.05) is 0 Å². The van der Waals surface area contributed by atoms with Crippen molar-refractivity contribution in [2.24, 2.45) is 5.84 Å². The van der Waals surface area contributed by atoms with Gasteiger partial charge in [-0.05, 0) is 25.2 Å². The summed E-state index contributed by atoms with van der Waals surface area (Å²) in [5.41, 5.74) is 4.69. The SMILES string of the molecule is CC1CCCc2c(C(=O)NN)n[nH]c21. The molecule has 1 aromatic heterocycles. The van der Waals surface area contributed by atoms with E-state index in [0.29, 0.717) is 11.6 Å². The number of H-pyrrole nitrogens is 1. The van der Waals surface area contributed by atoms with E-state index in [2.05, 4.69) is 22.5 Å². The Kier molecular flexibility index (Phi) is 2.25. The number of fused-ring (bicyclic) bond motifs is 1. The maximum absolute atomic E-state index is 11.3.